The van der Waals surface area contributed by atoms with Crippen LogP contribution in [0, 0.1) is 0 Å². The number of methoxy groups -OCH3 is 1. The van der Waals surface area contributed by atoms with Crippen molar-refractivity contribution in [1.82, 2.24) is 10.3 Å². The highest BCUT2D eigenvalue weighted by atomic mass is 16.5. The monoisotopic (exact) mass is 347 g/mol. The van der Waals surface area contributed by atoms with Gasteiger partial charge in [0, 0.05) is 30.7 Å². The number of fused-ring (bicyclic) bond motifs is 2. The normalized spacial score (nSPS) is 12.9. The van der Waals surface area contributed by atoms with E-state index < -0.39 is 0 Å². The molecule has 2 aromatic carbocycles. The molecule has 0 saturated heterocycles. The summed E-state index contributed by atoms with van der Waals surface area (Å²) in [5, 5.41) is 3.84. The number of hydrogen-bond donors (Lipinski definition) is 1. The molecule has 2 heterocycles. The van der Waals surface area contributed by atoms with E-state index in [9.17, 15) is 4.79 Å². The van der Waals surface area contributed by atoms with Crippen molar-refractivity contribution in [2.45, 2.75) is 6.42 Å². The second kappa shape index (κ2) is 7.04. The molecule has 1 amide bonds. The lowest BCUT2D eigenvalue weighted by Gasteiger charge is -2.20. The van der Waals surface area contributed by atoms with Crippen molar-refractivity contribution in [3.63, 3.8) is 0 Å². The topological polar surface area (TPSA) is 54.5 Å². The van der Waals surface area contributed by atoms with E-state index in [1.807, 2.05) is 24.3 Å². The van der Waals surface area contributed by atoms with E-state index in [0.717, 1.165) is 30.4 Å². The standard InChI is InChI=1S/C21H21N3O2/c1-26-19-14-23-17-8-4-3-7-16(17)20(19)21(25)22-11-13-24-12-10-15-6-2-5-9-18(15)24/h2-9,14H,10-13H2,1H3,(H,22,25). The SMILES string of the molecule is COc1cnc2ccccc2c1C(=O)NCCN1CCc2ccccc21. The predicted octanol–water partition coefficient (Wildman–Crippen LogP) is 3.04. The number of ether oxygens (including phenoxy) is 1. The number of hydrogen-bond acceptors (Lipinski definition) is 4. The van der Waals surface area contributed by atoms with E-state index in [4.69, 9.17) is 4.74 Å². The Morgan fingerprint density at radius 3 is 2.88 bits per heavy atom. The van der Waals surface area contributed by atoms with Gasteiger partial charge in [-0.2, -0.15) is 0 Å². The van der Waals surface area contributed by atoms with Crippen LogP contribution in [-0.2, 0) is 6.42 Å². The van der Waals surface area contributed by atoms with Crippen LogP contribution in [-0.4, -0.2) is 37.6 Å². The van der Waals surface area contributed by atoms with E-state index in [2.05, 4.69) is 39.5 Å². The van der Waals surface area contributed by atoms with Crippen LogP contribution in [0.4, 0.5) is 5.69 Å². The zero-order valence-electron chi connectivity index (χ0n) is 14.7. The van der Waals surface area contributed by atoms with Crippen LogP contribution in [0.25, 0.3) is 10.9 Å². The number of aromatic nitrogens is 1. The summed E-state index contributed by atoms with van der Waals surface area (Å²) in [6.07, 6.45) is 2.67. The van der Waals surface area contributed by atoms with Crippen LogP contribution in [0.2, 0.25) is 0 Å². The summed E-state index contributed by atoms with van der Waals surface area (Å²) in [5.74, 6) is 0.362. The third kappa shape index (κ3) is 2.96. The van der Waals surface area contributed by atoms with Crippen molar-refractivity contribution in [3.05, 3.63) is 65.9 Å². The summed E-state index contributed by atoms with van der Waals surface area (Å²) in [6.45, 7) is 2.36. The Morgan fingerprint density at radius 1 is 1.19 bits per heavy atom. The molecular weight excluding hydrogens is 326 g/mol. The molecule has 132 valence electrons. The third-order valence-corrected chi connectivity index (χ3v) is 4.84. The molecule has 0 aliphatic carbocycles. The minimum absolute atomic E-state index is 0.132. The van der Waals surface area contributed by atoms with Crippen LogP contribution in [0.3, 0.4) is 0 Å². The summed E-state index contributed by atoms with van der Waals surface area (Å²) < 4.78 is 5.37. The number of carbonyl (C=O) groups is 1. The first-order chi connectivity index (χ1) is 12.8. The average Bonchev–Trinajstić information content (AvgIpc) is 3.10. The number of para-hydroxylation sites is 2. The third-order valence-electron chi connectivity index (χ3n) is 4.84. The van der Waals surface area contributed by atoms with Gasteiger partial charge < -0.3 is 15.0 Å². The van der Waals surface area contributed by atoms with E-state index in [1.54, 1.807) is 13.3 Å². The molecule has 4 rings (SSSR count). The van der Waals surface area contributed by atoms with Crippen LogP contribution < -0.4 is 15.0 Å². The minimum atomic E-state index is -0.132. The molecule has 5 heteroatoms. The molecule has 1 aliphatic rings. The number of nitrogens with one attached hydrogen (secondary N) is 1. The van der Waals surface area contributed by atoms with E-state index in [1.165, 1.54) is 11.3 Å². The van der Waals surface area contributed by atoms with Crippen LogP contribution in [0.5, 0.6) is 5.75 Å². The second-order valence-electron chi connectivity index (χ2n) is 6.34. The van der Waals surface area contributed by atoms with Gasteiger partial charge in [0.2, 0.25) is 0 Å². The van der Waals surface area contributed by atoms with Crippen LogP contribution in [0.15, 0.2) is 54.7 Å². The van der Waals surface area contributed by atoms with Gasteiger partial charge in [0.1, 0.15) is 0 Å². The highest BCUT2D eigenvalue weighted by Gasteiger charge is 2.20. The highest BCUT2D eigenvalue weighted by molar-refractivity contribution is 6.08. The predicted molar refractivity (Wildman–Crippen MR) is 103 cm³/mol. The lowest BCUT2D eigenvalue weighted by atomic mass is 10.1. The summed E-state index contributed by atoms with van der Waals surface area (Å²) in [4.78, 5) is 19.5. The zero-order valence-corrected chi connectivity index (χ0v) is 14.7. The average molecular weight is 347 g/mol. The van der Waals surface area contributed by atoms with Gasteiger partial charge in [0.15, 0.2) is 5.75 Å². The minimum Gasteiger partial charge on any atom is -0.494 e. The summed E-state index contributed by atoms with van der Waals surface area (Å²) in [5.41, 5.74) is 3.97. The fourth-order valence-electron chi connectivity index (χ4n) is 3.54. The molecular formula is C21H21N3O2. The quantitative estimate of drug-likeness (QED) is 0.771. The van der Waals surface area contributed by atoms with Gasteiger partial charge in [0.25, 0.3) is 5.91 Å². The van der Waals surface area contributed by atoms with Crippen molar-refractivity contribution in [3.8, 4) is 5.75 Å². The van der Waals surface area contributed by atoms with Gasteiger partial charge in [0.05, 0.1) is 24.4 Å². The fourth-order valence-corrected chi connectivity index (χ4v) is 3.54. The second-order valence-corrected chi connectivity index (χ2v) is 6.34. The first-order valence-corrected chi connectivity index (χ1v) is 8.80. The van der Waals surface area contributed by atoms with Crippen molar-refractivity contribution in [2.24, 2.45) is 0 Å². The van der Waals surface area contributed by atoms with Crippen molar-refractivity contribution < 1.29 is 9.53 Å². The molecule has 0 unspecified atom stereocenters. The smallest absolute Gasteiger partial charge is 0.255 e. The number of carbonyl (C=O) groups excluding carboxylic acids is 1. The number of benzene rings is 2. The van der Waals surface area contributed by atoms with E-state index in [0.29, 0.717) is 17.9 Å². The maximum Gasteiger partial charge on any atom is 0.255 e. The Kier molecular flexibility index (Phi) is 4.44. The first kappa shape index (κ1) is 16.4. The summed E-state index contributed by atoms with van der Waals surface area (Å²) in [6, 6.07) is 16.1. The number of nitrogens with zero attached hydrogens (tertiary/aromatic N) is 2. The van der Waals surface area contributed by atoms with Gasteiger partial charge in [-0.3, -0.25) is 9.78 Å². The molecule has 5 nitrogen and oxygen atoms in total. The van der Waals surface area contributed by atoms with E-state index >= 15 is 0 Å². The zero-order chi connectivity index (χ0) is 17.9. The molecule has 1 aromatic heterocycles. The Bertz CT molecular complexity index is 955. The number of anilines is 1. The molecule has 0 bridgehead atoms. The van der Waals surface area contributed by atoms with E-state index in [-0.39, 0.29) is 5.91 Å². The summed E-state index contributed by atoms with van der Waals surface area (Å²) >= 11 is 0. The Labute approximate surface area is 152 Å². The fraction of sp³-hybridized carbons (Fsp3) is 0.238. The van der Waals surface area contributed by atoms with Gasteiger partial charge in [-0.25, -0.2) is 0 Å². The van der Waals surface area contributed by atoms with Gasteiger partial charge >= 0.3 is 0 Å². The highest BCUT2D eigenvalue weighted by Crippen LogP contribution is 2.27. The van der Waals surface area contributed by atoms with Crippen molar-refractivity contribution in [2.75, 3.05) is 31.6 Å². The Hall–Kier alpha value is -3.08. The lowest BCUT2D eigenvalue weighted by molar-refractivity contribution is 0.0953. The van der Waals surface area contributed by atoms with Crippen molar-refractivity contribution >= 4 is 22.5 Å². The molecule has 0 saturated carbocycles. The lowest BCUT2D eigenvalue weighted by Crippen LogP contribution is -2.34. The number of amides is 1. The molecule has 0 fully saturated rings. The number of pyridine rings is 1. The van der Waals surface area contributed by atoms with Crippen LogP contribution in [0.1, 0.15) is 15.9 Å². The maximum absolute atomic E-state index is 12.8. The summed E-state index contributed by atoms with van der Waals surface area (Å²) in [7, 11) is 1.56. The molecule has 26 heavy (non-hydrogen) atoms. The largest absolute Gasteiger partial charge is 0.494 e. The Morgan fingerprint density at radius 2 is 2.00 bits per heavy atom. The Balaban J connectivity index is 1.48. The molecule has 0 radical (unpaired) electrons. The maximum atomic E-state index is 12.8. The van der Waals surface area contributed by atoms with Crippen LogP contribution >= 0.6 is 0 Å². The number of rotatable bonds is 5. The molecule has 0 spiro atoms. The first-order valence-electron chi connectivity index (χ1n) is 8.80. The molecule has 1 aliphatic heterocycles. The molecule has 1 N–H and O–H groups in total. The van der Waals surface area contributed by atoms with Crippen molar-refractivity contribution in [1.29, 1.82) is 0 Å². The van der Waals surface area contributed by atoms with Gasteiger partial charge in [-0.05, 0) is 24.1 Å². The van der Waals surface area contributed by atoms with Gasteiger partial charge in [-0.15, -0.1) is 0 Å². The molecule has 3 aromatic rings. The molecule has 0 atom stereocenters. The van der Waals surface area contributed by atoms with Gasteiger partial charge in [-0.1, -0.05) is 36.4 Å².